The molecule has 0 unspecified atom stereocenters. The van der Waals surface area contributed by atoms with E-state index in [9.17, 15) is 4.79 Å². The zero-order valence-electron chi connectivity index (χ0n) is 20.1. The summed E-state index contributed by atoms with van der Waals surface area (Å²) < 4.78 is 11.9. The van der Waals surface area contributed by atoms with Crippen molar-refractivity contribution in [3.63, 3.8) is 0 Å². The lowest BCUT2D eigenvalue weighted by Gasteiger charge is -2.57. The van der Waals surface area contributed by atoms with Crippen LogP contribution >= 0.6 is 15.9 Å². The van der Waals surface area contributed by atoms with Crippen LogP contribution in [0.4, 0.5) is 5.69 Å². The highest BCUT2D eigenvalue weighted by molar-refractivity contribution is 9.10. The highest BCUT2D eigenvalue weighted by Gasteiger charge is 2.51. The number of hydrogen-bond acceptors (Lipinski definition) is 4. The van der Waals surface area contributed by atoms with Crippen LogP contribution in [0.1, 0.15) is 49.7 Å². The fourth-order valence-corrected chi connectivity index (χ4v) is 7.78. The number of nitrogens with zero attached hydrogens (tertiary/aromatic N) is 2. The van der Waals surface area contributed by atoms with E-state index in [4.69, 9.17) is 14.5 Å². The second-order valence-electron chi connectivity index (χ2n) is 11.0. The molecular weight excluding hydrogens is 504 g/mol. The Kier molecular flexibility index (Phi) is 6.44. The molecule has 1 heterocycles. The molecule has 5 nitrogen and oxygen atoms in total. The fourth-order valence-electron chi connectivity index (χ4n) is 7.27. The van der Waals surface area contributed by atoms with E-state index in [1.807, 2.05) is 24.4 Å². The van der Waals surface area contributed by atoms with Gasteiger partial charge in [0, 0.05) is 19.3 Å². The minimum atomic E-state index is -0.0113. The Morgan fingerprint density at radius 2 is 1.69 bits per heavy atom. The predicted octanol–water partition coefficient (Wildman–Crippen LogP) is 5.91. The molecular formula is C29H33BrN2O3. The van der Waals surface area contributed by atoms with E-state index in [0.29, 0.717) is 37.5 Å². The average molecular weight is 537 g/mol. The first-order chi connectivity index (χ1) is 17.1. The van der Waals surface area contributed by atoms with Gasteiger partial charge in [-0.3, -0.25) is 9.79 Å². The molecule has 4 saturated carbocycles. The van der Waals surface area contributed by atoms with Crippen LogP contribution in [0.2, 0.25) is 0 Å². The summed E-state index contributed by atoms with van der Waals surface area (Å²) in [5.41, 5.74) is 3.92. The Morgan fingerprint density at radius 3 is 2.31 bits per heavy atom. The van der Waals surface area contributed by atoms with E-state index >= 15 is 0 Å². The Hall–Kier alpha value is -2.18. The molecule has 0 atom stereocenters. The third-order valence-corrected chi connectivity index (χ3v) is 9.17. The standard InChI is InChI=1S/C29H33BrN2O3/c30-26-14-20(1-6-27(26)35-19-28(33)32-7-9-34-10-8-32)18-31-25-4-2-24(3-5-25)29-15-21-11-22(16-29)13-23(12-21)17-29/h1-6,14,18,21-23H,7-13,15-17,19H2. The van der Waals surface area contributed by atoms with Crippen molar-refractivity contribution in [3.8, 4) is 5.75 Å². The van der Waals surface area contributed by atoms with Crippen LogP contribution in [-0.2, 0) is 14.9 Å². The summed E-state index contributed by atoms with van der Waals surface area (Å²) in [5.74, 6) is 3.53. The predicted molar refractivity (Wildman–Crippen MR) is 141 cm³/mol. The molecule has 1 aliphatic heterocycles. The molecule has 4 bridgehead atoms. The van der Waals surface area contributed by atoms with Crippen molar-refractivity contribution >= 4 is 33.7 Å². The van der Waals surface area contributed by atoms with Gasteiger partial charge in [-0.05, 0) is 119 Å². The lowest BCUT2D eigenvalue weighted by Crippen LogP contribution is -2.48. The van der Waals surface area contributed by atoms with Gasteiger partial charge in [0.1, 0.15) is 5.75 Å². The number of carbonyl (C=O) groups excluding carboxylic acids is 1. The van der Waals surface area contributed by atoms with Crippen molar-refractivity contribution in [1.82, 2.24) is 4.90 Å². The Labute approximate surface area is 216 Å². The second-order valence-corrected chi connectivity index (χ2v) is 11.8. The van der Waals surface area contributed by atoms with Crippen molar-refractivity contribution in [2.45, 2.75) is 43.9 Å². The van der Waals surface area contributed by atoms with Gasteiger partial charge in [-0.1, -0.05) is 12.1 Å². The maximum absolute atomic E-state index is 12.3. The minimum Gasteiger partial charge on any atom is -0.483 e. The molecule has 0 N–H and O–H groups in total. The normalized spacial score (nSPS) is 29.6. The van der Waals surface area contributed by atoms with Crippen molar-refractivity contribution in [2.24, 2.45) is 22.7 Å². The van der Waals surface area contributed by atoms with Crippen LogP contribution in [0.3, 0.4) is 0 Å². The first kappa shape index (κ1) is 23.2. The lowest BCUT2D eigenvalue weighted by molar-refractivity contribution is -0.137. The monoisotopic (exact) mass is 536 g/mol. The van der Waals surface area contributed by atoms with Gasteiger partial charge in [-0.25, -0.2) is 0 Å². The summed E-state index contributed by atoms with van der Waals surface area (Å²) in [5, 5.41) is 0. The Bertz CT molecular complexity index is 1070. The molecule has 1 saturated heterocycles. The molecule has 1 amide bonds. The van der Waals surface area contributed by atoms with Crippen molar-refractivity contribution in [3.05, 3.63) is 58.1 Å². The molecule has 0 spiro atoms. The van der Waals surface area contributed by atoms with E-state index < -0.39 is 0 Å². The topological polar surface area (TPSA) is 51.1 Å². The van der Waals surface area contributed by atoms with Crippen LogP contribution in [0.25, 0.3) is 0 Å². The largest absolute Gasteiger partial charge is 0.483 e. The van der Waals surface area contributed by atoms with Crippen molar-refractivity contribution in [1.29, 1.82) is 0 Å². The fraction of sp³-hybridized carbons (Fsp3) is 0.517. The number of morpholine rings is 1. The van der Waals surface area contributed by atoms with E-state index in [1.165, 1.54) is 44.1 Å². The van der Waals surface area contributed by atoms with Gasteiger partial charge in [-0.2, -0.15) is 0 Å². The van der Waals surface area contributed by atoms with Crippen LogP contribution in [0.15, 0.2) is 51.9 Å². The number of amides is 1. The lowest BCUT2D eigenvalue weighted by atomic mass is 9.48. The molecule has 4 aliphatic carbocycles. The number of carbonyl (C=O) groups is 1. The molecule has 2 aromatic rings. The first-order valence-electron chi connectivity index (χ1n) is 13.0. The maximum Gasteiger partial charge on any atom is 0.260 e. The highest BCUT2D eigenvalue weighted by Crippen LogP contribution is 2.60. The number of benzene rings is 2. The second kappa shape index (κ2) is 9.70. The number of ether oxygens (including phenoxy) is 2. The van der Waals surface area contributed by atoms with E-state index in [0.717, 1.165) is 33.5 Å². The molecule has 5 fully saturated rings. The van der Waals surface area contributed by atoms with Gasteiger partial charge in [0.15, 0.2) is 6.61 Å². The van der Waals surface area contributed by atoms with Crippen LogP contribution in [0, 0.1) is 17.8 Å². The zero-order valence-corrected chi connectivity index (χ0v) is 21.7. The number of halogens is 1. The van der Waals surface area contributed by atoms with Gasteiger partial charge >= 0.3 is 0 Å². The summed E-state index contributed by atoms with van der Waals surface area (Å²) in [4.78, 5) is 18.8. The van der Waals surface area contributed by atoms with Gasteiger partial charge in [0.2, 0.25) is 0 Å². The molecule has 0 aromatic heterocycles. The van der Waals surface area contributed by atoms with Crippen molar-refractivity contribution in [2.75, 3.05) is 32.9 Å². The summed E-state index contributed by atoms with van der Waals surface area (Å²) in [6, 6.07) is 14.8. The quantitative estimate of drug-likeness (QED) is 0.431. The molecule has 184 valence electrons. The van der Waals surface area contributed by atoms with Crippen LogP contribution in [0.5, 0.6) is 5.75 Å². The molecule has 0 radical (unpaired) electrons. The summed E-state index contributed by atoms with van der Waals surface area (Å²) in [7, 11) is 0. The molecule has 5 aliphatic rings. The van der Waals surface area contributed by atoms with Crippen molar-refractivity contribution < 1.29 is 14.3 Å². The number of hydrogen-bond donors (Lipinski definition) is 0. The number of rotatable bonds is 6. The van der Waals surface area contributed by atoms with Gasteiger partial charge in [0.25, 0.3) is 5.91 Å². The van der Waals surface area contributed by atoms with Gasteiger partial charge in [-0.15, -0.1) is 0 Å². The van der Waals surface area contributed by atoms with Gasteiger partial charge < -0.3 is 14.4 Å². The highest BCUT2D eigenvalue weighted by atomic mass is 79.9. The molecule has 6 heteroatoms. The van der Waals surface area contributed by atoms with Crippen LogP contribution < -0.4 is 4.74 Å². The molecule has 7 rings (SSSR count). The third kappa shape index (κ3) is 4.92. The first-order valence-corrected chi connectivity index (χ1v) is 13.8. The Morgan fingerprint density at radius 1 is 1.03 bits per heavy atom. The maximum atomic E-state index is 12.3. The number of aliphatic imine (C=N–C) groups is 1. The Balaban J connectivity index is 1.07. The average Bonchev–Trinajstić information content (AvgIpc) is 2.87. The summed E-state index contributed by atoms with van der Waals surface area (Å²) >= 11 is 3.57. The third-order valence-electron chi connectivity index (χ3n) is 8.55. The smallest absolute Gasteiger partial charge is 0.260 e. The summed E-state index contributed by atoms with van der Waals surface area (Å²) in [6.07, 6.45) is 10.5. The minimum absolute atomic E-state index is 0.0113. The molecule has 35 heavy (non-hydrogen) atoms. The molecule has 2 aromatic carbocycles. The zero-order chi connectivity index (χ0) is 23.8. The van der Waals surface area contributed by atoms with Gasteiger partial charge in [0.05, 0.1) is 23.4 Å². The van der Waals surface area contributed by atoms with E-state index in [1.54, 1.807) is 4.90 Å². The van der Waals surface area contributed by atoms with Crippen LogP contribution in [-0.4, -0.2) is 49.9 Å². The van der Waals surface area contributed by atoms with E-state index in [-0.39, 0.29) is 12.5 Å². The SMILES string of the molecule is O=C(COc1ccc(C=Nc2ccc(C34CC5CC(CC(C5)C3)C4)cc2)cc1Br)N1CCOCC1. The summed E-state index contributed by atoms with van der Waals surface area (Å²) in [6.45, 7) is 2.47. The van der Waals surface area contributed by atoms with E-state index in [2.05, 4.69) is 40.2 Å².